The number of hydrazone groups is 1. The van der Waals surface area contributed by atoms with Crippen molar-refractivity contribution in [2.75, 3.05) is 26.2 Å². The molecule has 0 spiro atoms. The highest BCUT2D eigenvalue weighted by Gasteiger charge is 2.23. The van der Waals surface area contributed by atoms with Crippen molar-refractivity contribution in [3.05, 3.63) is 64.6 Å². The van der Waals surface area contributed by atoms with Gasteiger partial charge in [-0.25, -0.2) is 4.68 Å². The van der Waals surface area contributed by atoms with Gasteiger partial charge in [0.2, 0.25) is 0 Å². The van der Waals surface area contributed by atoms with E-state index < -0.39 is 0 Å². The monoisotopic (exact) mass is 415 g/mol. The molecule has 0 aliphatic carbocycles. The van der Waals surface area contributed by atoms with Gasteiger partial charge in [-0.15, -0.1) is 0 Å². The fourth-order valence-electron chi connectivity index (χ4n) is 2.63. The number of methoxy groups -OCH3 is 1. The van der Waals surface area contributed by atoms with Crippen LogP contribution < -0.4 is 22.0 Å². The van der Waals surface area contributed by atoms with Crippen molar-refractivity contribution >= 4 is 33.6 Å². The molecule has 0 unspecified atom stereocenters. The molecule has 0 amide bonds. The van der Waals surface area contributed by atoms with E-state index in [1.54, 1.807) is 26.4 Å². The van der Waals surface area contributed by atoms with E-state index in [1.165, 1.54) is 41.0 Å². The van der Waals surface area contributed by atoms with Gasteiger partial charge < -0.3 is 16.2 Å². The zero-order valence-corrected chi connectivity index (χ0v) is 17.6. The smallest absolute Gasteiger partial charge is 0.293 e. The quantitative estimate of drug-likeness (QED) is 0.394. The number of hydrogen-bond donors (Lipinski definition) is 2. The summed E-state index contributed by atoms with van der Waals surface area (Å²) in [5.41, 5.74) is 13.2. The molecule has 1 aliphatic rings. The highest BCUT2D eigenvalue weighted by atomic mass is 32.2. The largest absolute Gasteiger partial charge is 0.493 e. The van der Waals surface area contributed by atoms with Gasteiger partial charge in [0.05, 0.1) is 31.8 Å². The third-order valence-electron chi connectivity index (χ3n) is 3.96. The molecule has 0 fully saturated rings. The minimum Gasteiger partial charge on any atom is -0.493 e. The number of thioether (sulfide) groups is 1. The average Bonchev–Trinajstić information content (AvgIpc) is 2.78. The van der Waals surface area contributed by atoms with E-state index in [9.17, 15) is 4.79 Å². The van der Waals surface area contributed by atoms with Crippen LogP contribution in [0.4, 0.5) is 5.69 Å². The van der Waals surface area contributed by atoms with Gasteiger partial charge in [0.25, 0.3) is 5.56 Å². The SMILES string of the molecule is C=C(/C=C\N)CC1=NN(C)c2c(cnn(CC(N)=C(C=NC)OC)c2=O)C(=C)S1. The second kappa shape index (κ2) is 9.78. The molecule has 154 valence electrons. The third-order valence-corrected chi connectivity index (χ3v) is 4.89. The second-order valence-corrected chi connectivity index (χ2v) is 7.26. The van der Waals surface area contributed by atoms with Crippen LogP contribution in [0.2, 0.25) is 0 Å². The first-order chi connectivity index (χ1) is 13.8. The van der Waals surface area contributed by atoms with Crippen LogP contribution in [0.15, 0.2) is 63.5 Å². The van der Waals surface area contributed by atoms with Gasteiger partial charge in [-0.1, -0.05) is 24.9 Å². The average molecular weight is 416 g/mol. The molecule has 10 heteroatoms. The number of anilines is 1. The van der Waals surface area contributed by atoms with Crippen molar-refractivity contribution in [1.82, 2.24) is 9.78 Å². The molecule has 0 saturated carbocycles. The van der Waals surface area contributed by atoms with Crippen molar-refractivity contribution in [1.29, 1.82) is 0 Å². The molecule has 0 bridgehead atoms. The molecule has 2 rings (SSSR count). The lowest BCUT2D eigenvalue weighted by molar-refractivity contribution is 0.309. The standard InChI is InChI=1S/C19H25N7O2S/c1-12(6-7-20)8-17-24-25(4)18-14(13(2)29-17)9-23-26(19(18)27)11-15(21)16(28-5)10-22-3/h6-7,9-10H,1-2,8,11,20-21H2,3-5H3/b7-6-,16-15?,22-10?. The van der Waals surface area contributed by atoms with Crippen LogP contribution in [0.25, 0.3) is 4.91 Å². The van der Waals surface area contributed by atoms with Gasteiger partial charge >= 0.3 is 0 Å². The van der Waals surface area contributed by atoms with Gasteiger partial charge in [0.15, 0.2) is 5.76 Å². The van der Waals surface area contributed by atoms with Gasteiger partial charge in [-0.05, 0) is 17.8 Å². The predicted octanol–water partition coefficient (Wildman–Crippen LogP) is 1.65. The first-order valence-corrected chi connectivity index (χ1v) is 9.43. The molecule has 0 radical (unpaired) electrons. The van der Waals surface area contributed by atoms with E-state index in [1.807, 2.05) is 0 Å². The van der Waals surface area contributed by atoms with Gasteiger partial charge in [0.1, 0.15) is 10.7 Å². The highest BCUT2D eigenvalue weighted by molar-refractivity contribution is 8.21. The van der Waals surface area contributed by atoms with Crippen LogP contribution in [-0.2, 0) is 11.3 Å². The summed E-state index contributed by atoms with van der Waals surface area (Å²) in [5.74, 6) is 0.372. The summed E-state index contributed by atoms with van der Waals surface area (Å²) in [6.07, 6.45) is 6.69. The third kappa shape index (κ3) is 5.17. The lowest BCUT2D eigenvalue weighted by Crippen LogP contribution is -2.31. The summed E-state index contributed by atoms with van der Waals surface area (Å²) < 4.78 is 6.45. The topological polar surface area (TPSA) is 124 Å². The number of nitrogens with zero attached hydrogens (tertiary/aromatic N) is 5. The number of aliphatic imine (C=N–C) groups is 1. The number of fused-ring (bicyclic) bond motifs is 1. The van der Waals surface area contributed by atoms with Crippen molar-refractivity contribution < 1.29 is 4.74 Å². The number of hydrogen-bond acceptors (Lipinski definition) is 9. The van der Waals surface area contributed by atoms with Crippen LogP contribution in [0.5, 0.6) is 0 Å². The molecule has 0 atom stereocenters. The molecule has 0 saturated heterocycles. The van der Waals surface area contributed by atoms with Crippen molar-refractivity contribution in [2.24, 2.45) is 21.6 Å². The molecule has 1 aromatic heterocycles. The van der Waals surface area contributed by atoms with E-state index in [0.29, 0.717) is 34.0 Å². The minimum absolute atomic E-state index is 0.0451. The molecule has 29 heavy (non-hydrogen) atoms. The Balaban J connectivity index is 2.45. The first-order valence-electron chi connectivity index (χ1n) is 8.61. The molecule has 2 heterocycles. The molecule has 1 aromatic rings. The molecular formula is C19H25N7O2S. The van der Waals surface area contributed by atoms with Crippen LogP contribution >= 0.6 is 11.8 Å². The van der Waals surface area contributed by atoms with E-state index in [4.69, 9.17) is 16.2 Å². The molecule has 4 N–H and O–H groups in total. The Bertz CT molecular complexity index is 989. The van der Waals surface area contributed by atoms with Crippen LogP contribution in [-0.4, -0.2) is 42.2 Å². The fourth-order valence-corrected chi connectivity index (χ4v) is 3.59. The van der Waals surface area contributed by atoms with E-state index in [2.05, 4.69) is 28.4 Å². The number of nitrogens with two attached hydrogens (primary N) is 2. The number of allylic oxidation sites excluding steroid dienone is 4. The van der Waals surface area contributed by atoms with Gasteiger partial charge in [0, 0.05) is 31.0 Å². The Morgan fingerprint density at radius 2 is 2.21 bits per heavy atom. The maximum Gasteiger partial charge on any atom is 0.293 e. The Labute approximate surface area is 173 Å². The molecule has 9 nitrogen and oxygen atoms in total. The van der Waals surface area contributed by atoms with Crippen molar-refractivity contribution in [3.8, 4) is 0 Å². The van der Waals surface area contributed by atoms with Crippen molar-refractivity contribution in [3.63, 3.8) is 0 Å². The Kier molecular flexibility index (Phi) is 7.43. The zero-order valence-electron chi connectivity index (χ0n) is 16.8. The minimum atomic E-state index is -0.343. The molecular weight excluding hydrogens is 390 g/mol. The first kappa shape index (κ1) is 22.0. The normalized spacial score (nSPS) is 15.2. The summed E-state index contributed by atoms with van der Waals surface area (Å²) in [7, 11) is 4.79. The van der Waals surface area contributed by atoms with Crippen LogP contribution in [0.1, 0.15) is 12.0 Å². The summed E-state index contributed by atoms with van der Waals surface area (Å²) >= 11 is 1.37. The van der Waals surface area contributed by atoms with Crippen LogP contribution in [0.3, 0.4) is 0 Å². The van der Waals surface area contributed by atoms with Gasteiger partial charge in [-0.2, -0.15) is 10.2 Å². The zero-order chi connectivity index (χ0) is 21.6. The number of rotatable bonds is 7. The predicted molar refractivity (Wildman–Crippen MR) is 121 cm³/mol. The number of aromatic nitrogens is 2. The maximum absolute atomic E-state index is 13.1. The van der Waals surface area contributed by atoms with Crippen LogP contribution in [0, 0.1) is 0 Å². The van der Waals surface area contributed by atoms with Crippen molar-refractivity contribution in [2.45, 2.75) is 13.0 Å². The van der Waals surface area contributed by atoms with Gasteiger partial charge in [-0.3, -0.25) is 14.8 Å². The van der Waals surface area contributed by atoms with E-state index in [-0.39, 0.29) is 12.1 Å². The summed E-state index contributed by atoms with van der Waals surface area (Å²) in [6.45, 7) is 8.06. The highest BCUT2D eigenvalue weighted by Crippen LogP contribution is 2.36. The molecule has 1 aliphatic heterocycles. The summed E-state index contributed by atoms with van der Waals surface area (Å²) in [6, 6.07) is 0. The summed E-state index contributed by atoms with van der Waals surface area (Å²) in [4.78, 5) is 17.7. The Morgan fingerprint density at radius 3 is 2.83 bits per heavy atom. The second-order valence-electron chi connectivity index (χ2n) is 6.09. The van der Waals surface area contributed by atoms with E-state index >= 15 is 0 Å². The Hall–Kier alpha value is -3.27. The summed E-state index contributed by atoms with van der Waals surface area (Å²) in [5, 5.41) is 11.0. The molecule has 0 aromatic carbocycles. The maximum atomic E-state index is 13.1. The lowest BCUT2D eigenvalue weighted by atomic mass is 10.2. The van der Waals surface area contributed by atoms with E-state index in [0.717, 1.165) is 10.6 Å². The number of ether oxygens (including phenoxy) is 1. The Morgan fingerprint density at radius 1 is 1.48 bits per heavy atom. The fraction of sp³-hybridized carbons (Fsp3) is 0.263. The lowest BCUT2D eigenvalue weighted by Gasteiger charge is -2.16.